The van der Waals surface area contributed by atoms with Crippen molar-refractivity contribution in [2.45, 2.75) is 44.1 Å². The Morgan fingerprint density at radius 3 is 2.76 bits per heavy atom. The second kappa shape index (κ2) is 9.27. The number of hydrogen-bond donors (Lipinski definition) is 1. The van der Waals surface area contributed by atoms with Crippen LogP contribution in [-0.2, 0) is 26.1 Å². The molecule has 0 radical (unpaired) electrons. The highest BCUT2D eigenvalue weighted by Crippen LogP contribution is 2.20. The van der Waals surface area contributed by atoms with Gasteiger partial charge in [0.15, 0.2) is 0 Å². The summed E-state index contributed by atoms with van der Waals surface area (Å²) in [4.78, 5) is 16.3. The van der Waals surface area contributed by atoms with Crippen molar-refractivity contribution in [1.29, 1.82) is 0 Å². The monoisotopic (exact) mass is 332 g/mol. The van der Waals surface area contributed by atoms with Crippen LogP contribution in [0.2, 0.25) is 0 Å². The van der Waals surface area contributed by atoms with E-state index in [1.165, 1.54) is 0 Å². The van der Waals surface area contributed by atoms with E-state index in [2.05, 4.69) is 24.1 Å². The first-order valence-corrected chi connectivity index (χ1v) is 9.30. The van der Waals surface area contributed by atoms with Gasteiger partial charge in [-0.3, -0.25) is 9.00 Å². The van der Waals surface area contributed by atoms with Gasteiger partial charge in [0, 0.05) is 42.4 Å². The summed E-state index contributed by atoms with van der Waals surface area (Å²) in [6, 6.07) is 0. The predicted molar refractivity (Wildman–Crippen MR) is 87.0 cm³/mol. The molecule has 0 aromatic carbocycles. The van der Waals surface area contributed by atoms with Gasteiger partial charge < -0.3 is 10.1 Å². The summed E-state index contributed by atoms with van der Waals surface area (Å²) in [5, 5.41) is 5.21. The summed E-state index contributed by atoms with van der Waals surface area (Å²) >= 11 is 1.58. The van der Waals surface area contributed by atoms with E-state index in [0.717, 1.165) is 17.1 Å². The van der Waals surface area contributed by atoms with Gasteiger partial charge in [0.25, 0.3) is 0 Å². The van der Waals surface area contributed by atoms with Crippen molar-refractivity contribution in [1.82, 2.24) is 10.3 Å². The molecule has 0 saturated carbocycles. The quantitative estimate of drug-likeness (QED) is 0.703. The van der Waals surface area contributed by atoms with E-state index in [4.69, 9.17) is 4.74 Å². The largest absolute Gasteiger partial charge is 0.385 e. The molecule has 0 saturated heterocycles. The van der Waals surface area contributed by atoms with Crippen LogP contribution < -0.4 is 5.32 Å². The third-order valence-corrected chi connectivity index (χ3v) is 5.72. The summed E-state index contributed by atoms with van der Waals surface area (Å²) < 4.78 is 17.1. The van der Waals surface area contributed by atoms with Crippen molar-refractivity contribution in [3.05, 3.63) is 16.1 Å². The Bertz CT molecular complexity index is 475. The number of amides is 1. The van der Waals surface area contributed by atoms with E-state index in [1.807, 2.05) is 5.38 Å². The second-order valence-electron chi connectivity index (χ2n) is 5.14. The number of methoxy groups -OCH3 is 1. The zero-order valence-electron chi connectivity index (χ0n) is 13.0. The molecular weight excluding hydrogens is 308 g/mol. The Balaban J connectivity index is 2.44. The summed E-state index contributed by atoms with van der Waals surface area (Å²) in [5.41, 5.74) is 0.807. The Kier molecular flexibility index (Phi) is 8.06. The highest BCUT2D eigenvalue weighted by molar-refractivity contribution is 7.85. The molecule has 1 rings (SSSR count). The average Bonchev–Trinajstić information content (AvgIpc) is 2.91. The summed E-state index contributed by atoms with van der Waals surface area (Å²) in [7, 11) is 0.372. The normalized spacial score (nSPS) is 14.1. The van der Waals surface area contributed by atoms with Gasteiger partial charge >= 0.3 is 0 Å². The van der Waals surface area contributed by atoms with Gasteiger partial charge in [-0.25, -0.2) is 4.98 Å². The molecule has 5 nitrogen and oxygen atoms in total. The van der Waals surface area contributed by atoms with E-state index < -0.39 is 16.0 Å². The molecule has 2 atom stereocenters. The molecule has 120 valence electrons. The highest BCUT2D eigenvalue weighted by atomic mass is 32.2. The van der Waals surface area contributed by atoms with Crippen LogP contribution in [-0.4, -0.2) is 40.6 Å². The van der Waals surface area contributed by atoms with Crippen LogP contribution in [0.5, 0.6) is 0 Å². The van der Waals surface area contributed by atoms with E-state index in [0.29, 0.717) is 24.8 Å². The van der Waals surface area contributed by atoms with Gasteiger partial charge in [0.1, 0.15) is 5.25 Å². The predicted octanol–water partition coefficient (Wildman–Crippen LogP) is 2.06. The fraction of sp³-hybridized carbons (Fsp3) is 0.714. The number of thiazole rings is 1. The first-order chi connectivity index (χ1) is 9.95. The maximum atomic E-state index is 12.2. The molecule has 1 heterocycles. The number of carbonyl (C=O) groups excluding carboxylic acids is 1. The lowest BCUT2D eigenvalue weighted by Gasteiger charge is -2.11. The van der Waals surface area contributed by atoms with E-state index in [9.17, 15) is 9.00 Å². The van der Waals surface area contributed by atoms with Crippen LogP contribution in [0.15, 0.2) is 5.38 Å². The second-order valence-corrected chi connectivity index (χ2v) is 7.78. The van der Waals surface area contributed by atoms with Crippen LogP contribution in [0.1, 0.15) is 43.8 Å². The smallest absolute Gasteiger partial charge is 0.235 e. The Morgan fingerprint density at radius 1 is 1.48 bits per heavy atom. The molecule has 0 bridgehead atoms. The minimum Gasteiger partial charge on any atom is -0.385 e. The average molecular weight is 332 g/mol. The molecule has 1 aromatic rings. The summed E-state index contributed by atoms with van der Waals surface area (Å²) in [5.74, 6) is 0.526. The van der Waals surface area contributed by atoms with Gasteiger partial charge in [-0.1, -0.05) is 13.8 Å². The summed E-state index contributed by atoms with van der Waals surface area (Å²) in [6.07, 6.45) is 0.755. The van der Waals surface area contributed by atoms with Crippen molar-refractivity contribution < 1.29 is 13.7 Å². The molecule has 0 spiro atoms. The number of nitrogens with zero attached hydrogens (tertiary/aromatic N) is 1. The third-order valence-electron chi connectivity index (χ3n) is 2.94. The summed E-state index contributed by atoms with van der Waals surface area (Å²) in [6.45, 7) is 7.00. The van der Waals surface area contributed by atoms with Crippen LogP contribution in [0.25, 0.3) is 0 Å². The van der Waals surface area contributed by atoms with E-state index in [-0.39, 0.29) is 5.91 Å². The number of ether oxygens (including phenoxy) is 1. The maximum Gasteiger partial charge on any atom is 0.235 e. The zero-order chi connectivity index (χ0) is 15.8. The Morgan fingerprint density at radius 2 is 2.19 bits per heavy atom. The molecule has 7 heteroatoms. The maximum absolute atomic E-state index is 12.2. The van der Waals surface area contributed by atoms with Crippen molar-refractivity contribution >= 4 is 28.0 Å². The molecule has 0 fully saturated rings. The lowest BCUT2D eigenvalue weighted by Crippen LogP contribution is -2.36. The number of aromatic nitrogens is 1. The van der Waals surface area contributed by atoms with Gasteiger partial charge in [-0.05, 0) is 13.3 Å². The van der Waals surface area contributed by atoms with Crippen LogP contribution >= 0.6 is 11.3 Å². The molecule has 0 aliphatic heterocycles. The standard InChI is InChI=1S/C14H24N2O3S2/c1-10(2)14-16-12(8-20-14)9-21(18)11(3)13(17)15-6-5-7-19-4/h8,10-11H,5-7,9H2,1-4H3,(H,15,17)/t11-,21+/m1/s1. The fourth-order valence-electron chi connectivity index (χ4n) is 1.62. The Hall–Kier alpha value is -0.790. The van der Waals surface area contributed by atoms with Gasteiger partial charge in [-0.2, -0.15) is 0 Å². The lowest BCUT2D eigenvalue weighted by molar-refractivity contribution is -0.120. The highest BCUT2D eigenvalue weighted by Gasteiger charge is 2.20. The molecule has 21 heavy (non-hydrogen) atoms. The topological polar surface area (TPSA) is 68.3 Å². The van der Waals surface area contributed by atoms with Gasteiger partial charge in [-0.15, -0.1) is 11.3 Å². The SMILES string of the molecule is COCCCNC(=O)[C@@H](C)[S@@](=O)Cc1csc(C(C)C)n1. The van der Waals surface area contributed by atoms with Crippen LogP contribution in [0.4, 0.5) is 0 Å². The molecule has 1 aromatic heterocycles. The van der Waals surface area contributed by atoms with Gasteiger partial charge in [0.05, 0.1) is 16.5 Å². The minimum absolute atomic E-state index is 0.177. The number of carbonyl (C=O) groups is 1. The third kappa shape index (κ3) is 6.23. The van der Waals surface area contributed by atoms with Crippen molar-refractivity contribution in [2.75, 3.05) is 20.3 Å². The molecule has 0 unspecified atom stereocenters. The van der Waals surface area contributed by atoms with Gasteiger partial charge in [0.2, 0.25) is 5.91 Å². The molecule has 0 aliphatic carbocycles. The first kappa shape index (κ1) is 18.3. The van der Waals surface area contributed by atoms with E-state index >= 15 is 0 Å². The molecular formula is C14H24N2O3S2. The van der Waals surface area contributed by atoms with Crippen molar-refractivity contribution in [2.24, 2.45) is 0 Å². The number of rotatable bonds is 9. The first-order valence-electron chi connectivity index (χ1n) is 7.03. The number of hydrogen-bond acceptors (Lipinski definition) is 5. The number of nitrogens with one attached hydrogen (secondary N) is 1. The lowest BCUT2D eigenvalue weighted by atomic mass is 10.2. The minimum atomic E-state index is -1.25. The van der Waals surface area contributed by atoms with Crippen LogP contribution in [0.3, 0.4) is 0 Å². The molecule has 0 aliphatic rings. The van der Waals surface area contributed by atoms with Crippen molar-refractivity contribution in [3.63, 3.8) is 0 Å². The zero-order valence-corrected chi connectivity index (χ0v) is 14.7. The molecule has 1 N–H and O–H groups in total. The Labute approximate surface area is 133 Å². The fourth-order valence-corrected chi connectivity index (χ4v) is 3.57. The van der Waals surface area contributed by atoms with Crippen molar-refractivity contribution in [3.8, 4) is 0 Å². The molecule has 1 amide bonds. The van der Waals surface area contributed by atoms with Crippen LogP contribution in [0, 0.1) is 0 Å². The van der Waals surface area contributed by atoms with E-state index in [1.54, 1.807) is 25.4 Å².